The van der Waals surface area contributed by atoms with Crippen LogP contribution in [-0.2, 0) is 24.3 Å². The largest absolute Gasteiger partial charge is 0.497 e. The molecule has 3 fully saturated rings. The Morgan fingerprint density at radius 1 is 1.08 bits per heavy atom. The third-order valence-electron chi connectivity index (χ3n) is 8.78. The number of aromatic nitrogens is 1. The predicted molar refractivity (Wildman–Crippen MR) is 179 cm³/mol. The van der Waals surface area contributed by atoms with Crippen LogP contribution in [0.2, 0.25) is 0 Å². The van der Waals surface area contributed by atoms with Crippen LogP contribution in [0.4, 0.5) is 4.79 Å². The third-order valence-corrected chi connectivity index (χ3v) is 10.6. The van der Waals surface area contributed by atoms with E-state index in [1.54, 1.807) is 33.9 Å². The molecule has 1 unspecified atom stereocenters. The Kier molecular flexibility index (Phi) is 8.61. The summed E-state index contributed by atoms with van der Waals surface area (Å²) in [5.74, 6) is -0.776. The van der Waals surface area contributed by atoms with Gasteiger partial charge < -0.3 is 19.5 Å². The van der Waals surface area contributed by atoms with Gasteiger partial charge in [0.2, 0.25) is 15.9 Å². The van der Waals surface area contributed by atoms with E-state index in [9.17, 15) is 22.8 Å². The molecule has 2 heterocycles. The first-order chi connectivity index (χ1) is 22.7. The molecule has 2 N–H and O–H groups in total. The van der Waals surface area contributed by atoms with Crippen molar-refractivity contribution in [3.8, 4) is 22.8 Å². The normalized spacial score (nSPS) is 23.7. The van der Waals surface area contributed by atoms with Gasteiger partial charge in [-0.2, -0.15) is 0 Å². The summed E-state index contributed by atoms with van der Waals surface area (Å²) >= 11 is 0. The Morgan fingerprint density at radius 3 is 2.44 bits per heavy atom. The zero-order chi connectivity index (χ0) is 34.4. The van der Waals surface area contributed by atoms with Crippen molar-refractivity contribution in [2.45, 2.75) is 75.0 Å². The fourth-order valence-corrected chi connectivity index (χ4v) is 7.37. The summed E-state index contributed by atoms with van der Waals surface area (Å²) in [6, 6.07) is 15.8. The molecular formula is C35H40N4O8S. The van der Waals surface area contributed by atoms with Gasteiger partial charge in [0.1, 0.15) is 34.8 Å². The van der Waals surface area contributed by atoms with Crippen molar-refractivity contribution in [3.05, 3.63) is 67.3 Å². The Balaban J connectivity index is 1.29. The molecule has 48 heavy (non-hydrogen) atoms. The maximum Gasteiger partial charge on any atom is 0.411 e. The van der Waals surface area contributed by atoms with Crippen LogP contribution in [0.15, 0.2) is 67.3 Å². The SMILES string of the molecule is C=C[C@@H]1C[C@]1(NC(=O)[C@@H]1CC(Oc2cc(-c3ccccc3)nc3cc(OC)ccc23)CN1C(=O)OC(C)(C)C)C(=O)NS(=O)(=O)C1CC1. The van der Waals surface area contributed by atoms with Gasteiger partial charge in [0, 0.05) is 35.4 Å². The molecule has 3 aliphatic rings. The zero-order valence-electron chi connectivity index (χ0n) is 27.4. The summed E-state index contributed by atoms with van der Waals surface area (Å²) in [4.78, 5) is 46.9. The molecule has 1 aromatic heterocycles. The zero-order valence-corrected chi connectivity index (χ0v) is 28.2. The standard InChI is InChI=1S/C35H40N4O8S/c1-6-22-19-35(22,32(41)38-48(43,44)25-13-14-25)37-31(40)29-17-24(20-39(29)33(42)47-34(2,3)4)46-30-18-27(21-10-8-7-9-11-21)36-28-16-23(45-5)12-15-26(28)30/h6-12,15-16,18,22,24-25,29H,1,13-14,17,19-20H2,2-5H3,(H,37,40)(H,38,41)/t22-,24?,29+,35-/m1/s1. The topological polar surface area (TPSA) is 153 Å². The summed E-state index contributed by atoms with van der Waals surface area (Å²) in [7, 11) is -2.28. The number of fused-ring (bicyclic) bond motifs is 1. The number of benzene rings is 2. The molecule has 2 aliphatic carbocycles. The number of hydrogen-bond donors (Lipinski definition) is 2. The fourth-order valence-electron chi connectivity index (χ4n) is 6.01. The monoisotopic (exact) mass is 676 g/mol. The van der Waals surface area contributed by atoms with Gasteiger partial charge in [0.25, 0.3) is 5.91 Å². The van der Waals surface area contributed by atoms with Gasteiger partial charge in [-0.15, -0.1) is 6.58 Å². The van der Waals surface area contributed by atoms with Crippen LogP contribution >= 0.6 is 0 Å². The highest BCUT2D eigenvalue weighted by Gasteiger charge is 2.62. The summed E-state index contributed by atoms with van der Waals surface area (Å²) < 4.78 is 45.0. The number of carbonyl (C=O) groups is 3. The Morgan fingerprint density at radius 2 is 1.81 bits per heavy atom. The first-order valence-corrected chi connectivity index (χ1v) is 17.5. The average Bonchev–Trinajstić information content (AvgIpc) is 3.97. The highest BCUT2D eigenvalue weighted by Crippen LogP contribution is 2.45. The van der Waals surface area contributed by atoms with Crippen molar-refractivity contribution < 1.29 is 37.0 Å². The molecule has 3 aromatic rings. The van der Waals surface area contributed by atoms with E-state index in [1.807, 2.05) is 48.5 Å². The first kappa shape index (κ1) is 33.3. The van der Waals surface area contributed by atoms with E-state index in [0.717, 1.165) is 5.56 Å². The molecular weight excluding hydrogens is 636 g/mol. The minimum atomic E-state index is -3.85. The summed E-state index contributed by atoms with van der Waals surface area (Å²) in [5, 5.41) is 2.88. The summed E-state index contributed by atoms with van der Waals surface area (Å²) in [5.41, 5.74) is -0.157. The van der Waals surface area contributed by atoms with E-state index in [2.05, 4.69) is 16.6 Å². The van der Waals surface area contributed by atoms with E-state index in [1.165, 1.54) is 11.0 Å². The average molecular weight is 677 g/mol. The number of hydrogen-bond acceptors (Lipinski definition) is 9. The van der Waals surface area contributed by atoms with Gasteiger partial charge in [0.05, 0.1) is 30.1 Å². The molecule has 3 amide bonds. The van der Waals surface area contributed by atoms with Crippen LogP contribution < -0.4 is 19.5 Å². The molecule has 4 atom stereocenters. The van der Waals surface area contributed by atoms with Crippen molar-refractivity contribution in [1.82, 2.24) is 19.9 Å². The number of likely N-dealkylation sites (tertiary alicyclic amines) is 1. The number of ether oxygens (including phenoxy) is 3. The number of sulfonamides is 1. The molecule has 1 aliphatic heterocycles. The van der Waals surface area contributed by atoms with Crippen LogP contribution in [0, 0.1) is 5.92 Å². The summed E-state index contributed by atoms with van der Waals surface area (Å²) in [6.45, 7) is 8.96. The van der Waals surface area contributed by atoms with Gasteiger partial charge in [0.15, 0.2) is 0 Å². The molecule has 13 heteroatoms. The lowest BCUT2D eigenvalue weighted by atomic mass is 10.1. The van der Waals surface area contributed by atoms with E-state index < -0.39 is 62.4 Å². The fraction of sp³-hybridized carbons (Fsp3) is 0.429. The number of nitrogens with one attached hydrogen (secondary N) is 2. The molecule has 2 saturated carbocycles. The van der Waals surface area contributed by atoms with Crippen molar-refractivity contribution >= 4 is 38.8 Å². The quantitative estimate of drug-likeness (QED) is 0.299. The number of amides is 3. The lowest BCUT2D eigenvalue weighted by molar-refractivity contribution is -0.131. The number of methoxy groups -OCH3 is 1. The molecule has 0 radical (unpaired) electrons. The highest BCUT2D eigenvalue weighted by molar-refractivity contribution is 7.91. The Labute approximate surface area is 279 Å². The lowest BCUT2D eigenvalue weighted by Crippen LogP contribution is -2.56. The molecule has 0 spiro atoms. The molecule has 0 bridgehead atoms. The van der Waals surface area contributed by atoms with Gasteiger partial charge in [-0.05, 0) is 52.2 Å². The Bertz CT molecular complexity index is 1870. The van der Waals surface area contributed by atoms with Crippen molar-refractivity contribution in [1.29, 1.82) is 0 Å². The number of nitrogens with zero attached hydrogens (tertiary/aromatic N) is 2. The van der Waals surface area contributed by atoms with Gasteiger partial charge >= 0.3 is 6.09 Å². The minimum absolute atomic E-state index is 0.0216. The predicted octanol–water partition coefficient (Wildman–Crippen LogP) is 4.34. The van der Waals surface area contributed by atoms with E-state index in [4.69, 9.17) is 19.2 Å². The molecule has 6 rings (SSSR count). The molecule has 254 valence electrons. The smallest absolute Gasteiger partial charge is 0.411 e. The van der Waals surface area contributed by atoms with E-state index in [0.29, 0.717) is 40.9 Å². The second kappa shape index (κ2) is 12.4. The number of rotatable bonds is 10. The molecule has 2 aromatic carbocycles. The second-order valence-corrected chi connectivity index (χ2v) is 15.5. The number of carbonyl (C=O) groups excluding carboxylic acids is 3. The van der Waals surface area contributed by atoms with Crippen molar-refractivity contribution in [3.63, 3.8) is 0 Å². The summed E-state index contributed by atoms with van der Waals surface area (Å²) in [6.07, 6.45) is 1.39. The third kappa shape index (κ3) is 6.82. The van der Waals surface area contributed by atoms with Gasteiger partial charge in [-0.25, -0.2) is 18.2 Å². The van der Waals surface area contributed by atoms with Crippen LogP contribution in [0.25, 0.3) is 22.2 Å². The second-order valence-electron chi connectivity index (χ2n) is 13.6. The Hall–Kier alpha value is -4.65. The molecule has 1 saturated heterocycles. The van der Waals surface area contributed by atoms with Gasteiger partial charge in [-0.1, -0.05) is 36.4 Å². The van der Waals surface area contributed by atoms with Crippen molar-refractivity contribution in [2.75, 3.05) is 13.7 Å². The van der Waals surface area contributed by atoms with Crippen LogP contribution in [-0.4, -0.2) is 78.4 Å². The van der Waals surface area contributed by atoms with E-state index >= 15 is 0 Å². The highest BCUT2D eigenvalue weighted by atomic mass is 32.2. The lowest BCUT2D eigenvalue weighted by Gasteiger charge is -2.29. The van der Waals surface area contributed by atoms with Crippen LogP contribution in [0.3, 0.4) is 0 Å². The van der Waals surface area contributed by atoms with E-state index in [-0.39, 0.29) is 19.4 Å². The van der Waals surface area contributed by atoms with Gasteiger partial charge in [-0.3, -0.25) is 19.2 Å². The van der Waals surface area contributed by atoms with Crippen LogP contribution in [0.1, 0.15) is 46.5 Å². The maximum absolute atomic E-state index is 14.0. The first-order valence-electron chi connectivity index (χ1n) is 15.9. The molecule has 12 nitrogen and oxygen atoms in total. The van der Waals surface area contributed by atoms with Crippen molar-refractivity contribution in [2.24, 2.45) is 5.92 Å². The number of pyridine rings is 1. The maximum atomic E-state index is 14.0. The minimum Gasteiger partial charge on any atom is -0.497 e. The van der Waals surface area contributed by atoms with Crippen LogP contribution in [0.5, 0.6) is 11.5 Å².